The van der Waals surface area contributed by atoms with Crippen molar-refractivity contribution >= 4 is 22.8 Å². The maximum atomic E-state index is 12.3. The van der Waals surface area contributed by atoms with E-state index in [9.17, 15) is 14.7 Å². The summed E-state index contributed by atoms with van der Waals surface area (Å²) in [5.74, 6) is -0.976. The Hall–Kier alpha value is -2.37. The normalized spacial score (nSPS) is 16.9. The fraction of sp³-hybridized carbons (Fsp3) is 0.500. The number of hydrogen-bond donors (Lipinski definition) is 2. The number of aromatic nitrogens is 2. The van der Waals surface area contributed by atoms with Crippen molar-refractivity contribution in [2.24, 2.45) is 12.5 Å². The van der Waals surface area contributed by atoms with Crippen LogP contribution in [0.4, 0.5) is 0 Å². The highest BCUT2D eigenvalue weighted by Gasteiger charge is 2.39. The van der Waals surface area contributed by atoms with E-state index in [1.54, 1.807) is 4.68 Å². The number of aliphatic carboxylic acids is 1. The Kier molecular flexibility index (Phi) is 4.55. The molecule has 1 aromatic heterocycles. The largest absolute Gasteiger partial charge is 0.481 e. The molecule has 0 saturated heterocycles. The fourth-order valence-corrected chi connectivity index (χ4v) is 3.60. The van der Waals surface area contributed by atoms with Gasteiger partial charge in [0.05, 0.1) is 23.0 Å². The van der Waals surface area contributed by atoms with Crippen molar-refractivity contribution in [1.82, 2.24) is 15.1 Å². The van der Waals surface area contributed by atoms with E-state index in [1.807, 2.05) is 31.3 Å². The molecule has 0 radical (unpaired) electrons. The molecular weight excluding hydrogens is 306 g/mol. The van der Waals surface area contributed by atoms with E-state index in [4.69, 9.17) is 0 Å². The summed E-state index contributed by atoms with van der Waals surface area (Å²) < 4.78 is 1.76. The van der Waals surface area contributed by atoms with Gasteiger partial charge in [0.25, 0.3) is 0 Å². The predicted molar refractivity (Wildman–Crippen MR) is 90.6 cm³/mol. The van der Waals surface area contributed by atoms with Crippen LogP contribution in [0, 0.1) is 5.41 Å². The lowest BCUT2D eigenvalue weighted by atomic mass is 9.74. The topological polar surface area (TPSA) is 84.2 Å². The van der Waals surface area contributed by atoms with Gasteiger partial charge in [-0.3, -0.25) is 14.3 Å². The Balaban J connectivity index is 1.68. The first-order chi connectivity index (χ1) is 11.5. The van der Waals surface area contributed by atoms with Gasteiger partial charge in [-0.1, -0.05) is 37.5 Å². The molecule has 1 aliphatic rings. The first-order valence-corrected chi connectivity index (χ1v) is 8.42. The Morgan fingerprint density at radius 1 is 1.25 bits per heavy atom. The summed E-state index contributed by atoms with van der Waals surface area (Å²) in [6.07, 6.45) is 4.32. The van der Waals surface area contributed by atoms with Crippen LogP contribution in [-0.2, 0) is 23.1 Å². The van der Waals surface area contributed by atoms with E-state index < -0.39 is 11.4 Å². The second-order valence-corrected chi connectivity index (χ2v) is 6.69. The van der Waals surface area contributed by atoms with E-state index >= 15 is 0 Å². The molecule has 0 atom stereocenters. The Morgan fingerprint density at radius 3 is 2.67 bits per heavy atom. The molecule has 1 amide bonds. The van der Waals surface area contributed by atoms with Gasteiger partial charge in [-0.25, -0.2) is 0 Å². The van der Waals surface area contributed by atoms with Crippen molar-refractivity contribution in [2.75, 3.05) is 6.54 Å². The van der Waals surface area contributed by atoms with Crippen molar-refractivity contribution in [2.45, 2.75) is 38.5 Å². The lowest BCUT2D eigenvalue weighted by Gasteiger charge is -2.33. The number of nitrogens with zero attached hydrogens (tertiary/aromatic N) is 2. The van der Waals surface area contributed by atoms with Gasteiger partial charge in [0.2, 0.25) is 5.91 Å². The lowest BCUT2D eigenvalue weighted by molar-refractivity contribution is -0.151. The third-order valence-corrected chi connectivity index (χ3v) is 5.05. The molecule has 0 unspecified atom stereocenters. The lowest BCUT2D eigenvalue weighted by Crippen LogP contribution is -2.44. The van der Waals surface area contributed by atoms with E-state index in [0.29, 0.717) is 12.8 Å². The first-order valence-electron chi connectivity index (χ1n) is 8.42. The van der Waals surface area contributed by atoms with E-state index in [-0.39, 0.29) is 18.9 Å². The highest BCUT2D eigenvalue weighted by molar-refractivity contribution is 5.88. The monoisotopic (exact) mass is 329 g/mol. The molecule has 1 heterocycles. The fourth-order valence-electron chi connectivity index (χ4n) is 3.60. The van der Waals surface area contributed by atoms with E-state index in [2.05, 4.69) is 10.4 Å². The van der Waals surface area contributed by atoms with Gasteiger partial charge in [0, 0.05) is 19.0 Å². The number of hydrogen-bond acceptors (Lipinski definition) is 3. The summed E-state index contributed by atoms with van der Waals surface area (Å²) in [6, 6.07) is 7.77. The maximum absolute atomic E-state index is 12.3. The van der Waals surface area contributed by atoms with Crippen molar-refractivity contribution in [3.63, 3.8) is 0 Å². The van der Waals surface area contributed by atoms with Crippen LogP contribution in [0.2, 0.25) is 0 Å². The third kappa shape index (κ3) is 3.13. The van der Waals surface area contributed by atoms with Gasteiger partial charge < -0.3 is 10.4 Å². The standard InChI is InChI=1S/C18H23N3O3/c1-21-15-8-4-3-7-13(15)14(20-21)11-16(22)19-12-18(17(23)24)9-5-2-6-10-18/h3-4,7-8H,2,5-6,9-12H2,1H3,(H,19,22)(H,23,24). The molecule has 2 N–H and O–H groups in total. The van der Waals surface area contributed by atoms with Crippen LogP contribution < -0.4 is 5.32 Å². The molecule has 0 aliphatic heterocycles. The number of carbonyl (C=O) groups excluding carboxylic acids is 1. The smallest absolute Gasteiger partial charge is 0.311 e. The number of rotatable bonds is 5. The third-order valence-electron chi connectivity index (χ3n) is 5.05. The highest BCUT2D eigenvalue weighted by Crippen LogP contribution is 2.36. The Labute approximate surface area is 140 Å². The van der Waals surface area contributed by atoms with Gasteiger partial charge in [0.1, 0.15) is 0 Å². The van der Waals surface area contributed by atoms with Gasteiger partial charge >= 0.3 is 5.97 Å². The summed E-state index contributed by atoms with van der Waals surface area (Å²) in [5, 5.41) is 17.8. The summed E-state index contributed by atoms with van der Waals surface area (Å²) in [4.78, 5) is 24.0. The van der Waals surface area contributed by atoms with Crippen LogP contribution >= 0.6 is 0 Å². The van der Waals surface area contributed by atoms with Crippen molar-refractivity contribution < 1.29 is 14.7 Å². The van der Waals surface area contributed by atoms with E-state index in [0.717, 1.165) is 35.9 Å². The summed E-state index contributed by atoms with van der Waals surface area (Å²) >= 11 is 0. The summed E-state index contributed by atoms with van der Waals surface area (Å²) in [6.45, 7) is 0.200. The molecule has 2 aromatic rings. The van der Waals surface area contributed by atoms with Crippen LogP contribution in [0.15, 0.2) is 24.3 Å². The van der Waals surface area contributed by atoms with Crippen LogP contribution in [0.1, 0.15) is 37.8 Å². The van der Waals surface area contributed by atoms with E-state index in [1.165, 1.54) is 0 Å². The molecule has 1 fully saturated rings. The van der Waals surface area contributed by atoms with Crippen molar-refractivity contribution in [3.8, 4) is 0 Å². The number of amides is 1. The SMILES string of the molecule is Cn1nc(CC(=O)NCC2(C(=O)O)CCCCC2)c2ccccc21. The number of carbonyl (C=O) groups is 2. The van der Waals surface area contributed by atoms with Crippen LogP contribution in [0.5, 0.6) is 0 Å². The minimum absolute atomic E-state index is 0.164. The van der Waals surface area contributed by atoms with Gasteiger partial charge in [-0.15, -0.1) is 0 Å². The van der Waals surface area contributed by atoms with Gasteiger partial charge in [0.15, 0.2) is 0 Å². The number of benzene rings is 1. The molecule has 6 nitrogen and oxygen atoms in total. The summed E-state index contributed by atoms with van der Waals surface area (Å²) in [5.41, 5.74) is 0.897. The molecule has 6 heteroatoms. The minimum Gasteiger partial charge on any atom is -0.481 e. The Morgan fingerprint density at radius 2 is 1.96 bits per heavy atom. The number of aryl methyl sites for hydroxylation is 1. The predicted octanol–water partition coefficient (Wildman–Crippen LogP) is 2.27. The zero-order chi connectivity index (χ0) is 17.2. The van der Waals surface area contributed by atoms with Crippen molar-refractivity contribution in [1.29, 1.82) is 0 Å². The van der Waals surface area contributed by atoms with Crippen LogP contribution in [-0.4, -0.2) is 33.3 Å². The molecule has 0 spiro atoms. The quantitative estimate of drug-likeness (QED) is 0.881. The van der Waals surface area contributed by atoms with Crippen molar-refractivity contribution in [3.05, 3.63) is 30.0 Å². The molecule has 0 bridgehead atoms. The molecule has 1 aliphatic carbocycles. The maximum Gasteiger partial charge on any atom is 0.311 e. The van der Waals surface area contributed by atoms with Gasteiger partial charge in [-0.2, -0.15) is 5.10 Å². The zero-order valence-electron chi connectivity index (χ0n) is 13.9. The molecule has 1 saturated carbocycles. The molecular formula is C18H23N3O3. The second-order valence-electron chi connectivity index (χ2n) is 6.69. The molecule has 128 valence electrons. The van der Waals surface area contributed by atoms with Crippen LogP contribution in [0.25, 0.3) is 10.9 Å². The first kappa shape index (κ1) is 16.5. The summed E-state index contributed by atoms with van der Waals surface area (Å²) in [7, 11) is 1.85. The molecule has 3 rings (SSSR count). The number of carboxylic acids is 1. The van der Waals surface area contributed by atoms with Gasteiger partial charge in [-0.05, 0) is 18.9 Å². The average Bonchev–Trinajstić information content (AvgIpc) is 2.90. The second kappa shape index (κ2) is 6.63. The average molecular weight is 329 g/mol. The Bertz CT molecular complexity index is 760. The highest BCUT2D eigenvalue weighted by atomic mass is 16.4. The minimum atomic E-state index is -0.805. The number of nitrogens with one attached hydrogen (secondary N) is 1. The number of para-hydroxylation sites is 1. The molecule has 24 heavy (non-hydrogen) atoms. The zero-order valence-corrected chi connectivity index (χ0v) is 13.9. The van der Waals surface area contributed by atoms with Crippen LogP contribution in [0.3, 0.4) is 0 Å². The molecule has 1 aromatic carbocycles. The number of fused-ring (bicyclic) bond motifs is 1. The number of carboxylic acid groups (broad SMARTS) is 1.